The van der Waals surface area contributed by atoms with Crippen molar-refractivity contribution in [1.82, 2.24) is 9.13 Å². The summed E-state index contributed by atoms with van der Waals surface area (Å²) < 4.78 is 113. The van der Waals surface area contributed by atoms with Crippen LogP contribution in [0.25, 0.3) is 11.0 Å². The first kappa shape index (κ1) is 31.2. The Balaban J connectivity index is 0.00000420. The number of nitrogens with one attached hydrogen (secondary N) is 1. The largest absolute Gasteiger partial charge is 0.418 e. The van der Waals surface area contributed by atoms with Gasteiger partial charge in [-0.1, -0.05) is 44.0 Å². The predicted molar refractivity (Wildman–Crippen MR) is 139 cm³/mol. The zero-order valence-electron chi connectivity index (χ0n) is 19.5. The number of aromatic nitrogens is 2. The van der Waals surface area contributed by atoms with E-state index in [1.165, 1.54) is 36.4 Å². The number of hydrogen-bond donors (Lipinski definition) is 1. The van der Waals surface area contributed by atoms with Crippen molar-refractivity contribution in [2.75, 3.05) is 0 Å². The van der Waals surface area contributed by atoms with Crippen molar-refractivity contribution in [3.05, 3.63) is 97.0 Å². The molecule has 0 aliphatic heterocycles. The van der Waals surface area contributed by atoms with Gasteiger partial charge in [0.15, 0.2) is 0 Å². The van der Waals surface area contributed by atoms with Gasteiger partial charge in [0.05, 0.1) is 22.2 Å². The maximum Gasteiger partial charge on any atom is 0.418 e. The van der Waals surface area contributed by atoms with Crippen molar-refractivity contribution in [2.45, 2.75) is 38.3 Å². The topological polar surface area (TPSA) is 33.7 Å². The molecule has 0 amide bonds. The molecule has 14 heteroatoms. The van der Waals surface area contributed by atoms with Gasteiger partial charge in [0.2, 0.25) is 5.62 Å². The van der Waals surface area contributed by atoms with Crippen LogP contribution in [0.15, 0.2) is 57.5 Å². The van der Waals surface area contributed by atoms with Crippen LogP contribution in [-0.2, 0) is 38.3 Å². The van der Waals surface area contributed by atoms with Gasteiger partial charge in [-0.15, -0.1) is 12.4 Å². The average molecular weight is 708 g/mol. The molecule has 39 heavy (non-hydrogen) atoms. The van der Waals surface area contributed by atoms with Crippen LogP contribution >= 0.6 is 44.3 Å². The fourth-order valence-corrected chi connectivity index (χ4v) is 5.31. The van der Waals surface area contributed by atoms with E-state index in [1.807, 2.05) is 0 Å². The predicted octanol–water partition coefficient (Wildman–Crippen LogP) is 8.67. The van der Waals surface area contributed by atoms with Gasteiger partial charge >= 0.3 is 12.4 Å². The minimum absolute atomic E-state index is 0. The van der Waals surface area contributed by atoms with Gasteiger partial charge in [0.1, 0.15) is 11.6 Å². The Morgan fingerprint density at radius 3 is 1.62 bits per heavy atom. The molecule has 0 aliphatic carbocycles. The Labute approximate surface area is 239 Å². The number of fused-ring (bicyclic) bond motifs is 1. The molecule has 0 spiro atoms. The van der Waals surface area contributed by atoms with E-state index in [1.54, 1.807) is 0 Å². The number of nitrogens with zero attached hydrogens (tertiary/aromatic N) is 2. The number of halogens is 11. The van der Waals surface area contributed by atoms with Gasteiger partial charge in [-0.2, -0.15) is 26.3 Å². The lowest BCUT2D eigenvalue weighted by Gasteiger charge is -2.15. The molecule has 4 aromatic rings. The molecule has 1 heterocycles. The van der Waals surface area contributed by atoms with E-state index in [0.717, 1.165) is 9.13 Å². The molecular formula is C25H18Br2ClF8N3. The first-order valence-corrected chi connectivity index (χ1v) is 12.6. The molecule has 0 atom stereocenters. The van der Waals surface area contributed by atoms with Gasteiger partial charge in [-0.3, -0.25) is 5.41 Å². The van der Waals surface area contributed by atoms with Crippen molar-refractivity contribution >= 4 is 55.3 Å². The smallest absolute Gasteiger partial charge is 0.310 e. The molecule has 210 valence electrons. The number of hydrogen-bond acceptors (Lipinski definition) is 1. The van der Waals surface area contributed by atoms with Crippen LogP contribution < -0.4 is 5.62 Å². The molecule has 1 N–H and O–H groups in total. The fourth-order valence-electron chi connectivity index (χ4n) is 4.21. The SMILES string of the molecule is Cl.N=c1n(CCc2ccc(F)cc2Br)c2cc(C(F)(F)F)cc(C(F)(F)F)c2n1CCc1ccc(F)cc1Br. The molecule has 3 aromatic carbocycles. The van der Waals surface area contributed by atoms with Gasteiger partial charge in [0.25, 0.3) is 0 Å². The average Bonchev–Trinajstić information content (AvgIpc) is 3.06. The fraction of sp³-hybridized carbons (Fsp3) is 0.240. The maximum atomic E-state index is 14.1. The summed E-state index contributed by atoms with van der Waals surface area (Å²) in [6, 6.07) is 8.25. The molecule has 0 saturated heterocycles. The number of rotatable bonds is 6. The zero-order valence-corrected chi connectivity index (χ0v) is 23.5. The number of aryl methyl sites for hydroxylation is 4. The van der Waals surface area contributed by atoms with Crippen LogP contribution in [0.3, 0.4) is 0 Å². The first-order chi connectivity index (χ1) is 17.7. The Kier molecular flexibility index (Phi) is 9.28. The summed E-state index contributed by atoms with van der Waals surface area (Å²) in [6.45, 7) is -0.341. The first-order valence-electron chi connectivity index (χ1n) is 11.0. The summed E-state index contributed by atoms with van der Waals surface area (Å²) in [7, 11) is 0. The summed E-state index contributed by atoms with van der Waals surface area (Å²) in [5, 5.41) is 8.64. The van der Waals surface area contributed by atoms with E-state index in [9.17, 15) is 35.1 Å². The van der Waals surface area contributed by atoms with Crippen LogP contribution in [0, 0.1) is 17.0 Å². The highest BCUT2D eigenvalue weighted by Crippen LogP contribution is 2.40. The number of alkyl halides is 6. The summed E-state index contributed by atoms with van der Waals surface area (Å²) in [5.74, 6) is -1.06. The van der Waals surface area contributed by atoms with Crippen LogP contribution in [0.4, 0.5) is 35.1 Å². The molecule has 0 unspecified atom stereocenters. The normalized spacial score (nSPS) is 12.2. The maximum absolute atomic E-state index is 14.1. The third kappa shape index (κ3) is 6.68. The third-order valence-electron chi connectivity index (χ3n) is 6.03. The van der Waals surface area contributed by atoms with Gasteiger partial charge in [-0.05, 0) is 60.4 Å². The quantitative estimate of drug-likeness (QED) is 0.195. The summed E-state index contributed by atoms with van der Waals surface area (Å²) >= 11 is 6.40. The highest BCUT2D eigenvalue weighted by molar-refractivity contribution is 9.10. The lowest BCUT2D eigenvalue weighted by Crippen LogP contribution is -2.26. The highest BCUT2D eigenvalue weighted by atomic mass is 79.9. The van der Waals surface area contributed by atoms with E-state index in [-0.39, 0.29) is 44.4 Å². The van der Waals surface area contributed by atoms with Gasteiger partial charge in [-0.25, -0.2) is 8.78 Å². The molecule has 4 rings (SSSR count). The Morgan fingerprint density at radius 2 is 1.18 bits per heavy atom. The van der Waals surface area contributed by atoms with Crippen molar-refractivity contribution in [1.29, 1.82) is 5.41 Å². The lowest BCUT2D eigenvalue weighted by molar-refractivity contribution is -0.142. The van der Waals surface area contributed by atoms with Gasteiger partial charge in [0, 0.05) is 22.0 Å². The summed E-state index contributed by atoms with van der Waals surface area (Å²) in [6.07, 6.45) is -10.0. The molecular weight excluding hydrogens is 690 g/mol. The van der Waals surface area contributed by atoms with Crippen LogP contribution in [0.2, 0.25) is 0 Å². The molecule has 0 aliphatic rings. The van der Waals surface area contributed by atoms with Crippen LogP contribution in [0.5, 0.6) is 0 Å². The summed E-state index contributed by atoms with van der Waals surface area (Å²) in [5.41, 5.74) is -3.34. The monoisotopic (exact) mass is 705 g/mol. The van der Waals surface area contributed by atoms with Crippen molar-refractivity contribution in [3.8, 4) is 0 Å². The van der Waals surface area contributed by atoms with Crippen molar-refractivity contribution < 1.29 is 35.1 Å². The molecule has 0 bridgehead atoms. The van der Waals surface area contributed by atoms with E-state index in [0.29, 0.717) is 26.1 Å². The Hall–Kier alpha value is -2.38. The number of benzene rings is 3. The van der Waals surface area contributed by atoms with E-state index < -0.39 is 51.8 Å². The Morgan fingerprint density at radius 1 is 0.692 bits per heavy atom. The molecule has 0 radical (unpaired) electrons. The summed E-state index contributed by atoms with van der Waals surface area (Å²) in [4.78, 5) is 0. The second-order valence-corrected chi connectivity index (χ2v) is 10.2. The second kappa shape index (κ2) is 11.6. The third-order valence-corrected chi connectivity index (χ3v) is 7.51. The zero-order chi connectivity index (χ0) is 28.0. The van der Waals surface area contributed by atoms with Crippen molar-refractivity contribution in [3.63, 3.8) is 0 Å². The molecule has 0 fully saturated rings. The van der Waals surface area contributed by atoms with Crippen LogP contribution in [0.1, 0.15) is 22.3 Å². The van der Waals surface area contributed by atoms with Crippen LogP contribution in [-0.4, -0.2) is 9.13 Å². The molecule has 1 aromatic heterocycles. The number of imidazole rings is 1. The van der Waals surface area contributed by atoms with E-state index in [4.69, 9.17) is 5.41 Å². The minimum Gasteiger partial charge on any atom is -0.310 e. The second-order valence-electron chi connectivity index (χ2n) is 8.49. The van der Waals surface area contributed by atoms with Gasteiger partial charge < -0.3 is 9.13 Å². The Bertz CT molecular complexity index is 1580. The molecule has 3 nitrogen and oxygen atoms in total. The van der Waals surface area contributed by atoms with E-state index in [2.05, 4.69) is 31.9 Å². The standard InChI is InChI=1S/C25H17Br2F8N3.ClH/c26-19-11-16(28)3-1-13(19)5-7-37-21-10-15(24(30,31)32)9-18(25(33,34)35)22(21)38(23(37)36)8-6-14-2-4-17(29)12-20(14)27;/h1-4,9-12,36H,5-8H2;1H. The minimum atomic E-state index is -5.14. The van der Waals surface area contributed by atoms with Crippen molar-refractivity contribution in [2.24, 2.45) is 0 Å². The highest BCUT2D eigenvalue weighted by Gasteiger charge is 2.40. The molecule has 0 saturated carbocycles. The lowest BCUT2D eigenvalue weighted by atomic mass is 10.1. The van der Waals surface area contributed by atoms with E-state index >= 15 is 0 Å².